The molecule has 1 N–H and O–H groups in total. The standard InChI is InChI=1S/C37H36Cl2O4/c1-41-34-21-13-30(14-22-34)37(29-7-4-3-5-8-29,31-15-23-35(42-2)24-16-31)43-26-6-25-36(40,27-9-17-32(38)18-10-27)28-11-19-33(39)20-12-28/h3-5,7-11,13-24,28,40H,6,12,25-26H2,1-2H3. The van der Waals surface area contributed by atoms with Crippen LogP contribution in [0.15, 0.2) is 126 Å². The van der Waals surface area contributed by atoms with Gasteiger partial charge in [-0.3, -0.25) is 0 Å². The highest BCUT2D eigenvalue weighted by molar-refractivity contribution is 6.31. The monoisotopic (exact) mass is 614 g/mol. The zero-order valence-corrected chi connectivity index (χ0v) is 25.9. The molecule has 1 aliphatic rings. The summed E-state index contributed by atoms with van der Waals surface area (Å²) in [7, 11) is 3.32. The lowest BCUT2D eigenvalue weighted by Gasteiger charge is -2.38. The Bertz CT molecular complexity index is 1480. The van der Waals surface area contributed by atoms with Gasteiger partial charge in [-0.05, 0) is 84.0 Å². The number of rotatable bonds is 12. The average molecular weight is 616 g/mol. The Labute approximate surface area is 264 Å². The van der Waals surface area contributed by atoms with E-state index in [2.05, 4.69) is 12.1 Å². The van der Waals surface area contributed by atoms with E-state index in [-0.39, 0.29) is 5.92 Å². The first-order valence-corrected chi connectivity index (χ1v) is 15.2. The lowest BCUT2D eigenvalue weighted by Crippen LogP contribution is -2.36. The Kier molecular flexibility index (Phi) is 9.94. The molecule has 2 atom stereocenters. The number of hydrogen-bond acceptors (Lipinski definition) is 4. The van der Waals surface area contributed by atoms with Gasteiger partial charge < -0.3 is 19.3 Å². The summed E-state index contributed by atoms with van der Waals surface area (Å²) in [4.78, 5) is 0. The van der Waals surface area contributed by atoms with Crippen molar-refractivity contribution < 1.29 is 19.3 Å². The van der Waals surface area contributed by atoms with E-state index in [1.807, 2.05) is 109 Å². The minimum atomic E-state index is -1.13. The third kappa shape index (κ3) is 6.68. The van der Waals surface area contributed by atoms with Crippen LogP contribution in [0, 0.1) is 5.92 Å². The van der Waals surface area contributed by atoms with Gasteiger partial charge in [-0.25, -0.2) is 0 Å². The van der Waals surface area contributed by atoms with Gasteiger partial charge in [-0.15, -0.1) is 0 Å². The molecule has 4 nitrogen and oxygen atoms in total. The van der Waals surface area contributed by atoms with Crippen molar-refractivity contribution in [3.8, 4) is 11.5 Å². The van der Waals surface area contributed by atoms with Crippen LogP contribution in [0.4, 0.5) is 0 Å². The average Bonchev–Trinajstić information content (AvgIpc) is 3.06. The first-order chi connectivity index (χ1) is 20.9. The second-order valence-corrected chi connectivity index (χ2v) is 11.6. The molecule has 0 bridgehead atoms. The van der Waals surface area contributed by atoms with Crippen LogP contribution in [0.25, 0.3) is 0 Å². The fourth-order valence-corrected chi connectivity index (χ4v) is 6.16. The maximum Gasteiger partial charge on any atom is 0.143 e. The molecule has 43 heavy (non-hydrogen) atoms. The van der Waals surface area contributed by atoms with Crippen LogP contribution in [0.1, 0.15) is 41.5 Å². The Morgan fingerprint density at radius 3 is 1.77 bits per heavy atom. The Balaban J connectivity index is 1.49. The highest BCUT2D eigenvalue weighted by Gasteiger charge is 2.40. The van der Waals surface area contributed by atoms with E-state index >= 15 is 0 Å². The molecule has 1 aliphatic carbocycles. The van der Waals surface area contributed by atoms with Gasteiger partial charge in [0.05, 0.1) is 19.8 Å². The fourth-order valence-electron chi connectivity index (χ4n) is 5.87. The van der Waals surface area contributed by atoms with Gasteiger partial charge in [-0.1, -0.05) is 102 Å². The molecule has 222 valence electrons. The van der Waals surface area contributed by atoms with Crippen molar-refractivity contribution >= 4 is 23.2 Å². The molecule has 2 unspecified atom stereocenters. The maximum absolute atomic E-state index is 12.2. The zero-order chi connectivity index (χ0) is 30.3. The summed E-state index contributed by atoms with van der Waals surface area (Å²) in [6.45, 7) is 0.385. The lowest BCUT2D eigenvalue weighted by atomic mass is 9.75. The summed E-state index contributed by atoms with van der Waals surface area (Å²) in [6.07, 6.45) is 7.53. The second-order valence-electron chi connectivity index (χ2n) is 10.7. The molecule has 6 heteroatoms. The normalized spacial score (nSPS) is 16.3. The summed E-state index contributed by atoms with van der Waals surface area (Å²) in [5, 5.41) is 13.5. The molecule has 0 fully saturated rings. The van der Waals surface area contributed by atoms with Gasteiger partial charge in [-0.2, -0.15) is 0 Å². The van der Waals surface area contributed by atoms with Crippen LogP contribution >= 0.6 is 23.2 Å². The Morgan fingerprint density at radius 1 is 0.721 bits per heavy atom. The molecule has 0 aliphatic heterocycles. The van der Waals surface area contributed by atoms with E-state index in [4.69, 9.17) is 37.4 Å². The van der Waals surface area contributed by atoms with Gasteiger partial charge in [0.2, 0.25) is 0 Å². The molecular formula is C37H36Cl2O4. The number of aliphatic hydroxyl groups is 1. The van der Waals surface area contributed by atoms with Crippen LogP contribution in [-0.4, -0.2) is 25.9 Å². The molecule has 0 spiro atoms. The maximum atomic E-state index is 12.2. The van der Waals surface area contributed by atoms with Crippen molar-refractivity contribution in [2.45, 2.75) is 30.5 Å². The number of ether oxygens (including phenoxy) is 3. The summed E-state index contributed by atoms with van der Waals surface area (Å²) in [5.74, 6) is 1.39. The quantitative estimate of drug-likeness (QED) is 0.128. The van der Waals surface area contributed by atoms with Crippen LogP contribution in [0.3, 0.4) is 0 Å². The molecule has 0 saturated heterocycles. The lowest BCUT2D eigenvalue weighted by molar-refractivity contribution is -0.0361. The van der Waals surface area contributed by atoms with Crippen molar-refractivity contribution in [1.29, 1.82) is 0 Å². The molecule has 4 aromatic carbocycles. The molecule has 0 radical (unpaired) electrons. The Hall–Kier alpha value is -3.54. The molecule has 4 aromatic rings. The summed E-state index contributed by atoms with van der Waals surface area (Å²) in [5.41, 5.74) is 1.69. The van der Waals surface area contributed by atoms with E-state index in [9.17, 15) is 5.11 Å². The molecule has 0 aromatic heterocycles. The minimum Gasteiger partial charge on any atom is -0.497 e. The van der Waals surface area contributed by atoms with E-state index in [1.54, 1.807) is 14.2 Å². The van der Waals surface area contributed by atoms with Crippen molar-refractivity contribution in [1.82, 2.24) is 0 Å². The van der Waals surface area contributed by atoms with Crippen molar-refractivity contribution in [2.75, 3.05) is 20.8 Å². The van der Waals surface area contributed by atoms with Crippen LogP contribution in [0.5, 0.6) is 11.5 Å². The first kappa shape index (κ1) is 30.9. The minimum absolute atomic E-state index is 0.141. The Morgan fingerprint density at radius 2 is 1.26 bits per heavy atom. The summed E-state index contributed by atoms with van der Waals surface area (Å²) in [6, 6.07) is 33.6. The summed E-state index contributed by atoms with van der Waals surface area (Å²) < 4.78 is 17.9. The van der Waals surface area contributed by atoms with Crippen LogP contribution < -0.4 is 9.47 Å². The third-order valence-corrected chi connectivity index (χ3v) is 8.74. The van der Waals surface area contributed by atoms with Crippen molar-refractivity contribution in [3.63, 3.8) is 0 Å². The topological polar surface area (TPSA) is 47.9 Å². The molecule has 5 rings (SSSR count). The number of allylic oxidation sites excluding steroid dienone is 3. The van der Waals surface area contributed by atoms with Gasteiger partial charge in [0.25, 0.3) is 0 Å². The van der Waals surface area contributed by atoms with Crippen LogP contribution in [0.2, 0.25) is 5.02 Å². The highest BCUT2D eigenvalue weighted by atomic mass is 35.5. The first-order valence-electron chi connectivity index (χ1n) is 14.4. The van der Waals surface area contributed by atoms with E-state index in [0.717, 1.165) is 33.8 Å². The van der Waals surface area contributed by atoms with Gasteiger partial charge in [0.15, 0.2) is 0 Å². The third-order valence-electron chi connectivity index (χ3n) is 8.21. The number of benzene rings is 4. The molecule has 0 amide bonds. The smallest absolute Gasteiger partial charge is 0.143 e. The largest absolute Gasteiger partial charge is 0.497 e. The predicted molar refractivity (Wildman–Crippen MR) is 174 cm³/mol. The van der Waals surface area contributed by atoms with E-state index in [1.165, 1.54) is 0 Å². The zero-order valence-electron chi connectivity index (χ0n) is 24.4. The number of methoxy groups -OCH3 is 2. The molecule has 0 heterocycles. The van der Waals surface area contributed by atoms with Gasteiger partial charge in [0.1, 0.15) is 17.1 Å². The van der Waals surface area contributed by atoms with Gasteiger partial charge in [0, 0.05) is 22.6 Å². The fraction of sp³-hybridized carbons (Fsp3) is 0.243. The number of halogens is 2. The molecular weight excluding hydrogens is 579 g/mol. The van der Waals surface area contributed by atoms with Gasteiger partial charge >= 0.3 is 0 Å². The van der Waals surface area contributed by atoms with E-state index in [0.29, 0.717) is 35.9 Å². The summed E-state index contributed by atoms with van der Waals surface area (Å²) >= 11 is 12.4. The van der Waals surface area contributed by atoms with E-state index < -0.39 is 11.2 Å². The highest BCUT2D eigenvalue weighted by Crippen LogP contribution is 2.43. The van der Waals surface area contributed by atoms with Crippen molar-refractivity contribution in [3.05, 3.63) is 154 Å². The van der Waals surface area contributed by atoms with Crippen LogP contribution in [-0.2, 0) is 15.9 Å². The molecule has 0 saturated carbocycles. The predicted octanol–water partition coefficient (Wildman–Crippen LogP) is 9.03. The number of hydrogen-bond donors (Lipinski definition) is 1. The second kappa shape index (κ2) is 13.8. The van der Waals surface area contributed by atoms with Crippen molar-refractivity contribution in [2.24, 2.45) is 5.92 Å². The SMILES string of the molecule is COc1ccc(C(OCCCC(O)(c2ccc(Cl)cc2)C2C=CC(Cl)=CC2)(c2ccccc2)c2ccc(OC)cc2)cc1.